The minimum absolute atomic E-state index is 0.228. The molecule has 0 atom stereocenters. The number of carbonyl (C=O) groups excluding carboxylic acids is 1. The van der Waals surface area contributed by atoms with Crippen LogP contribution in [-0.4, -0.2) is 39.9 Å². The summed E-state index contributed by atoms with van der Waals surface area (Å²) in [6, 6.07) is 13.4. The smallest absolute Gasteiger partial charge is 0.278 e. The van der Waals surface area contributed by atoms with Crippen LogP contribution in [-0.2, 0) is 12.8 Å². The topological polar surface area (TPSA) is 90.6 Å². The van der Waals surface area contributed by atoms with Crippen molar-refractivity contribution in [1.82, 2.24) is 19.8 Å². The van der Waals surface area contributed by atoms with Gasteiger partial charge in [-0.25, -0.2) is 4.52 Å². The van der Waals surface area contributed by atoms with Crippen LogP contribution in [0.4, 0.5) is 5.69 Å². The Kier molecular flexibility index (Phi) is 6.26. The number of hydrogen-bond acceptors (Lipinski definition) is 6. The van der Waals surface area contributed by atoms with Gasteiger partial charge in [0.15, 0.2) is 22.8 Å². The zero-order valence-corrected chi connectivity index (χ0v) is 19.5. The predicted molar refractivity (Wildman–Crippen MR) is 127 cm³/mol. The molecule has 0 radical (unpaired) electrons. The van der Waals surface area contributed by atoms with Crippen LogP contribution in [0.5, 0.6) is 11.5 Å². The summed E-state index contributed by atoms with van der Waals surface area (Å²) in [4.78, 5) is 12.9. The van der Waals surface area contributed by atoms with Gasteiger partial charge in [-0.3, -0.25) is 4.79 Å². The molecule has 0 aliphatic carbocycles. The van der Waals surface area contributed by atoms with Crippen molar-refractivity contribution in [2.24, 2.45) is 0 Å². The summed E-state index contributed by atoms with van der Waals surface area (Å²) in [6.45, 7) is 5.94. The van der Waals surface area contributed by atoms with Gasteiger partial charge in [0, 0.05) is 5.69 Å². The maximum atomic E-state index is 12.9. The maximum absolute atomic E-state index is 12.9. The molecule has 1 amide bonds. The number of nitrogens with zero attached hydrogens (tertiary/aromatic N) is 4. The van der Waals surface area contributed by atoms with Crippen LogP contribution in [0.1, 0.15) is 41.3 Å². The van der Waals surface area contributed by atoms with E-state index in [1.165, 1.54) is 5.56 Å². The number of fused-ring (bicyclic) bond motifs is 1. The molecule has 2 aromatic heterocycles. The van der Waals surface area contributed by atoms with Gasteiger partial charge in [0.1, 0.15) is 0 Å². The predicted octanol–water partition coefficient (Wildman–Crippen LogP) is 4.49. The second kappa shape index (κ2) is 9.28. The van der Waals surface area contributed by atoms with Gasteiger partial charge >= 0.3 is 0 Å². The third-order valence-corrected chi connectivity index (χ3v) is 5.68. The van der Waals surface area contributed by atoms with Crippen LogP contribution in [0.3, 0.4) is 0 Å². The number of nitrogens with one attached hydrogen (secondary N) is 1. The Balaban J connectivity index is 1.75. The summed E-state index contributed by atoms with van der Waals surface area (Å²) in [6.07, 6.45) is 1.63. The summed E-state index contributed by atoms with van der Waals surface area (Å²) in [5, 5.41) is 16.3. The number of ether oxygens (including phenoxy) is 2. The van der Waals surface area contributed by atoms with E-state index in [0.29, 0.717) is 34.9 Å². The Morgan fingerprint density at radius 1 is 0.970 bits per heavy atom. The van der Waals surface area contributed by atoms with Crippen LogP contribution < -0.4 is 14.8 Å². The molecule has 0 bridgehead atoms. The van der Waals surface area contributed by atoms with E-state index < -0.39 is 0 Å². The number of anilines is 1. The molecule has 170 valence electrons. The Morgan fingerprint density at radius 3 is 2.33 bits per heavy atom. The summed E-state index contributed by atoms with van der Waals surface area (Å²) in [5.74, 6) is 0.933. The molecular formula is C25H27N5O3. The van der Waals surface area contributed by atoms with Crippen molar-refractivity contribution in [3.63, 3.8) is 0 Å². The average Bonchev–Trinajstić information content (AvgIpc) is 3.23. The number of aromatic nitrogens is 4. The summed E-state index contributed by atoms with van der Waals surface area (Å²) in [7, 11) is 3.20. The number of rotatable bonds is 7. The van der Waals surface area contributed by atoms with Gasteiger partial charge in [0.2, 0.25) is 0 Å². The molecule has 1 N–H and O–H groups in total. The van der Waals surface area contributed by atoms with E-state index >= 15 is 0 Å². The lowest BCUT2D eigenvalue weighted by molar-refractivity contribution is 0.102. The van der Waals surface area contributed by atoms with Crippen molar-refractivity contribution >= 4 is 17.2 Å². The highest BCUT2D eigenvalue weighted by Crippen LogP contribution is 2.35. The lowest BCUT2D eigenvalue weighted by atomic mass is 10.0. The Hall–Kier alpha value is -3.94. The monoisotopic (exact) mass is 445 g/mol. The second-order valence-corrected chi connectivity index (χ2v) is 7.62. The van der Waals surface area contributed by atoms with E-state index in [1.54, 1.807) is 18.7 Å². The molecule has 33 heavy (non-hydrogen) atoms. The molecule has 0 saturated carbocycles. The number of amides is 1. The molecule has 4 rings (SSSR count). The molecule has 0 unspecified atom stereocenters. The fourth-order valence-corrected chi connectivity index (χ4v) is 3.81. The lowest BCUT2D eigenvalue weighted by Crippen LogP contribution is -2.18. The van der Waals surface area contributed by atoms with Crippen molar-refractivity contribution in [1.29, 1.82) is 0 Å². The number of methoxy groups -OCH3 is 2. The normalized spacial score (nSPS) is 10.9. The first kappa shape index (κ1) is 22.3. The van der Waals surface area contributed by atoms with E-state index in [4.69, 9.17) is 14.6 Å². The van der Waals surface area contributed by atoms with E-state index in [-0.39, 0.29) is 11.6 Å². The summed E-state index contributed by atoms with van der Waals surface area (Å²) >= 11 is 0. The third-order valence-electron chi connectivity index (χ3n) is 5.68. The van der Waals surface area contributed by atoms with E-state index in [0.717, 1.165) is 23.2 Å². The average molecular weight is 446 g/mol. The summed E-state index contributed by atoms with van der Waals surface area (Å²) in [5.41, 5.74) is 5.94. The fourth-order valence-electron chi connectivity index (χ4n) is 3.81. The van der Waals surface area contributed by atoms with Crippen LogP contribution >= 0.6 is 0 Å². The van der Waals surface area contributed by atoms with Crippen molar-refractivity contribution < 1.29 is 14.3 Å². The van der Waals surface area contributed by atoms with Gasteiger partial charge < -0.3 is 14.8 Å². The highest BCUT2D eigenvalue weighted by atomic mass is 16.5. The number of aryl methyl sites for hydroxylation is 3. The number of carbonyl (C=O) groups is 1. The first-order chi connectivity index (χ1) is 16.0. The Bertz CT molecular complexity index is 1310. The largest absolute Gasteiger partial charge is 0.493 e. The zero-order valence-electron chi connectivity index (χ0n) is 19.5. The quantitative estimate of drug-likeness (QED) is 0.451. The van der Waals surface area contributed by atoms with Crippen molar-refractivity contribution in [2.75, 3.05) is 19.5 Å². The van der Waals surface area contributed by atoms with Gasteiger partial charge in [-0.1, -0.05) is 32.0 Å². The maximum Gasteiger partial charge on any atom is 0.278 e. The molecule has 2 aromatic carbocycles. The number of benzene rings is 2. The zero-order chi connectivity index (χ0) is 23.5. The molecule has 0 aliphatic rings. The molecule has 8 heteroatoms. The SMILES string of the molecule is CCc1ccc(NC(=O)c2nnc3c(-c4ccc(OC)c(OC)c4)c(CC)nn3c2C)cc1. The molecule has 8 nitrogen and oxygen atoms in total. The van der Waals surface area contributed by atoms with Crippen LogP contribution in [0.15, 0.2) is 42.5 Å². The van der Waals surface area contributed by atoms with Gasteiger partial charge in [0.25, 0.3) is 5.91 Å². The highest BCUT2D eigenvalue weighted by molar-refractivity contribution is 6.03. The first-order valence-corrected chi connectivity index (χ1v) is 10.9. The Labute approximate surface area is 192 Å². The van der Waals surface area contributed by atoms with Gasteiger partial charge in [-0.2, -0.15) is 5.10 Å². The first-order valence-electron chi connectivity index (χ1n) is 10.9. The fraction of sp³-hybridized carbons (Fsp3) is 0.280. The van der Waals surface area contributed by atoms with Gasteiger partial charge in [-0.05, 0) is 55.2 Å². The van der Waals surface area contributed by atoms with Crippen molar-refractivity contribution in [3.05, 3.63) is 65.1 Å². The summed E-state index contributed by atoms with van der Waals surface area (Å²) < 4.78 is 12.5. The molecule has 0 saturated heterocycles. The highest BCUT2D eigenvalue weighted by Gasteiger charge is 2.22. The Morgan fingerprint density at radius 2 is 1.70 bits per heavy atom. The molecule has 0 aliphatic heterocycles. The molecule has 4 aromatic rings. The van der Waals surface area contributed by atoms with E-state index in [1.807, 2.05) is 56.3 Å². The minimum Gasteiger partial charge on any atom is -0.493 e. The van der Waals surface area contributed by atoms with Crippen LogP contribution in [0.2, 0.25) is 0 Å². The van der Waals surface area contributed by atoms with Gasteiger partial charge in [-0.15, -0.1) is 10.2 Å². The minimum atomic E-state index is -0.327. The van der Waals surface area contributed by atoms with Crippen LogP contribution in [0.25, 0.3) is 16.8 Å². The van der Waals surface area contributed by atoms with E-state index in [9.17, 15) is 4.79 Å². The lowest BCUT2D eigenvalue weighted by Gasteiger charge is -2.10. The second-order valence-electron chi connectivity index (χ2n) is 7.62. The van der Waals surface area contributed by atoms with Gasteiger partial charge in [0.05, 0.1) is 31.2 Å². The number of hydrogen-bond donors (Lipinski definition) is 1. The standard InChI is InChI=1S/C25H27N5O3/c1-6-16-8-11-18(12-9-16)26-25(31)23-15(3)30-24(28-27-23)22(19(7-2)29-30)17-10-13-20(32-4)21(14-17)33-5/h8-14H,6-7H2,1-5H3,(H,26,31). The molecule has 0 fully saturated rings. The molecular weight excluding hydrogens is 418 g/mol. The van der Waals surface area contributed by atoms with Crippen molar-refractivity contribution in [3.8, 4) is 22.6 Å². The van der Waals surface area contributed by atoms with E-state index in [2.05, 4.69) is 22.4 Å². The van der Waals surface area contributed by atoms with Crippen molar-refractivity contribution in [2.45, 2.75) is 33.6 Å². The van der Waals surface area contributed by atoms with Crippen LogP contribution in [0, 0.1) is 6.92 Å². The molecule has 0 spiro atoms. The molecule has 2 heterocycles. The third kappa shape index (κ3) is 4.11.